The van der Waals surface area contributed by atoms with E-state index in [1.54, 1.807) is 42.5 Å². The lowest BCUT2D eigenvalue weighted by Crippen LogP contribution is -2.53. The highest BCUT2D eigenvalue weighted by Crippen LogP contribution is 2.31. The summed E-state index contributed by atoms with van der Waals surface area (Å²) in [6.07, 6.45) is 3.85. The number of benzene rings is 2. The number of methoxy groups -OCH3 is 2. The van der Waals surface area contributed by atoms with Gasteiger partial charge in [0, 0.05) is 0 Å². The van der Waals surface area contributed by atoms with Crippen molar-refractivity contribution in [2.45, 2.75) is 19.9 Å². The van der Waals surface area contributed by atoms with Gasteiger partial charge >= 0.3 is 6.03 Å². The monoisotopic (exact) mass is 480 g/mol. The zero-order chi connectivity index (χ0) is 25.4. The number of carbonyl (C=O) groups is 3. The molecule has 0 bridgehead atoms. The molecule has 3 rings (SSSR count). The average molecular weight is 481 g/mol. The topological polar surface area (TPSA) is 103 Å². The van der Waals surface area contributed by atoms with Crippen molar-refractivity contribution in [1.29, 1.82) is 0 Å². The van der Waals surface area contributed by atoms with Crippen LogP contribution in [0.5, 0.6) is 23.0 Å². The number of hydrogen-bond donors (Lipinski definition) is 1. The molecule has 2 aromatic rings. The maximum Gasteiger partial charge on any atom is 0.331 e. The standard InChI is InChI=1S/C26H28N2O7/c1-5-11-34-20-9-7-17(14-22(20)32-3)13-19-24(29)27-26(31)28(25(19)30)16-18-8-10-21(35-12-6-2)23(15-18)33-4/h5,7-10,13-15H,1,6,11-12,16H2,2-4H3,(H,27,29,31)/b19-13+. The second-order valence-corrected chi connectivity index (χ2v) is 7.55. The fourth-order valence-corrected chi connectivity index (χ4v) is 3.37. The molecule has 0 aliphatic carbocycles. The number of amides is 4. The van der Waals surface area contributed by atoms with E-state index in [1.807, 2.05) is 6.92 Å². The van der Waals surface area contributed by atoms with E-state index in [1.165, 1.54) is 20.3 Å². The van der Waals surface area contributed by atoms with Gasteiger partial charge in [0.1, 0.15) is 12.2 Å². The quantitative estimate of drug-likeness (QED) is 0.297. The van der Waals surface area contributed by atoms with Crippen molar-refractivity contribution in [3.63, 3.8) is 0 Å². The SMILES string of the molecule is C=CCOc1ccc(/C=C2\C(=O)NC(=O)N(Cc3ccc(OCCC)c(OC)c3)C2=O)cc1OC. The van der Waals surface area contributed by atoms with Crippen molar-refractivity contribution in [2.75, 3.05) is 27.4 Å². The predicted octanol–water partition coefficient (Wildman–Crippen LogP) is 3.72. The van der Waals surface area contributed by atoms with Gasteiger partial charge in [0.25, 0.3) is 11.8 Å². The fourth-order valence-electron chi connectivity index (χ4n) is 3.37. The second kappa shape index (κ2) is 11.7. The number of urea groups is 1. The first-order chi connectivity index (χ1) is 16.9. The van der Waals surface area contributed by atoms with Crippen LogP contribution in [0.3, 0.4) is 0 Å². The molecule has 0 unspecified atom stereocenters. The van der Waals surface area contributed by atoms with Crippen LogP contribution in [0.15, 0.2) is 54.6 Å². The molecule has 0 radical (unpaired) electrons. The summed E-state index contributed by atoms with van der Waals surface area (Å²) in [5.41, 5.74) is 0.981. The molecule has 9 heteroatoms. The van der Waals surface area contributed by atoms with Crippen LogP contribution in [0.1, 0.15) is 24.5 Å². The first-order valence-electron chi connectivity index (χ1n) is 11.0. The van der Waals surface area contributed by atoms with E-state index in [0.717, 1.165) is 11.3 Å². The number of nitrogens with zero attached hydrogens (tertiary/aromatic N) is 1. The highest BCUT2D eigenvalue weighted by Gasteiger charge is 2.35. The number of rotatable bonds is 11. The van der Waals surface area contributed by atoms with E-state index < -0.39 is 17.8 Å². The van der Waals surface area contributed by atoms with Gasteiger partial charge in [0.05, 0.1) is 27.4 Å². The summed E-state index contributed by atoms with van der Waals surface area (Å²) in [6, 6.07) is 9.33. The molecule has 0 atom stereocenters. The van der Waals surface area contributed by atoms with Crippen LogP contribution in [0.25, 0.3) is 6.08 Å². The molecule has 184 valence electrons. The number of ether oxygens (including phenoxy) is 4. The first-order valence-corrected chi connectivity index (χ1v) is 11.0. The molecular formula is C26H28N2O7. The molecule has 2 aromatic carbocycles. The zero-order valence-electron chi connectivity index (χ0n) is 20.0. The number of imide groups is 2. The third kappa shape index (κ3) is 6.00. The molecule has 9 nitrogen and oxygen atoms in total. The summed E-state index contributed by atoms with van der Waals surface area (Å²) < 4.78 is 21.9. The first kappa shape index (κ1) is 25.4. The Balaban J connectivity index is 1.86. The van der Waals surface area contributed by atoms with Crippen LogP contribution in [-0.4, -0.2) is 50.2 Å². The lowest BCUT2D eigenvalue weighted by molar-refractivity contribution is -0.130. The van der Waals surface area contributed by atoms with E-state index >= 15 is 0 Å². The van der Waals surface area contributed by atoms with Crippen LogP contribution in [0.4, 0.5) is 4.79 Å². The Bertz CT molecular complexity index is 1160. The lowest BCUT2D eigenvalue weighted by Gasteiger charge is -2.26. The summed E-state index contributed by atoms with van der Waals surface area (Å²) in [4.78, 5) is 39.0. The van der Waals surface area contributed by atoms with Gasteiger partial charge in [-0.1, -0.05) is 31.7 Å². The van der Waals surface area contributed by atoms with E-state index in [2.05, 4.69) is 11.9 Å². The second-order valence-electron chi connectivity index (χ2n) is 7.55. The van der Waals surface area contributed by atoms with Crippen molar-refractivity contribution in [1.82, 2.24) is 10.2 Å². The van der Waals surface area contributed by atoms with Crippen LogP contribution >= 0.6 is 0 Å². The number of barbiturate groups is 1. The maximum atomic E-state index is 13.1. The zero-order valence-corrected chi connectivity index (χ0v) is 20.0. The minimum absolute atomic E-state index is 0.0582. The Morgan fingerprint density at radius 1 is 0.943 bits per heavy atom. The van der Waals surface area contributed by atoms with Gasteiger partial charge in [-0.15, -0.1) is 0 Å². The predicted molar refractivity (Wildman–Crippen MR) is 130 cm³/mol. The van der Waals surface area contributed by atoms with Crippen LogP contribution in [-0.2, 0) is 16.1 Å². The van der Waals surface area contributed by atoms with Gasteiger partial charge < -0.3 is 18.9 Å². The molecule has 0 saturated carbocycles. The average Bonchev–Trinajstić information content (AvgIpc) is 2.87. The summed E-state index contributed by atoms with van der Waals surface area (Å²) in [6.45, 7) is 6.38. The molecular weight excluding hydrogens is 452 g/mol. The maximum absolute atomic E-state index is 13.1. The Hall–Kier alpha value is -4.27. The number of nitrogens with one attached hydrogen (secondary N) is 1. The number of carbonyl (C=O) groups excluding carboxylic acids is 3. The molecule has 1 saturated heterocycles. The lowest BCUT2D eigenvalue weighted by atomic mass is 10.1. The molecule has 0 spiro atoms. The van der Waals surface area contributed by atoms with Gasteiger partial charge in [-0.3, -0.25) is 19.8 Å². The van der Waals surface area contributed by atoms with E-state index in [0.29, 0.717) is 47.3 Å². The third-order valence-electron chi connectivity index (χ3n) is 5.07. The van der Waals surface area contributed by atoms with Crippen molar-refractivity contribution in [2.24, 2.45) is 0 Å². The van der Waals surface area contributed by atoms with Gasteiger partial charge in [-0.2, -0.15) is 0 Å². The Morgan fingerprint density at radius 3 is 2.31 bits per heavy atom. The van der Waals surface area contributed by atoms with E-state index in [9.17, 15) is 14.4 Å². The fraction of sp³-hybridized carbons (Fsp3) is 0.269. The van der Waals surface area contributed by atoms with Crippen molar-refractivity contribution in [3.8, 4) is 23.0 Å². The Kier molecular flexibility index (Phi) is 8.50. The molecule has 1 fully saturated rings. The molecule has 4 amide bonds. The summed E-state index contributed by atoms with van der Waals surface area (Å²) in [7, 11) is 3.00. The molecule has 1 N–H and O–H groups in total. The summed E-state index contributed by atoms with van der Waals surface area (Å²) >= 11 is 0. The Morgan fingerprint density at radius 2 is 1.63 bits per heavy atom. The van der Waals surface area contributed by atoms with Crippen molar-refractivity contribution < 1.29 is 33.3 Å². The molecule has 1 aliphatic heterocycles. The normalized spacial score (nSPS) is 14.5. The van der Waals surface area contributed by atoms with Gasteiger partial charge in [-0.05, 0) is 47.9 Å². The third-order valence-corrected chi connectivity index (χ3v) is 5.07. The van der Waals surface area contributed by atoms with E-state index in [-0.39, 0.29) is 12.1 Å². The van der Waals surface area contributed by atoms with E-state index in [4.69, 9.17) is 18.9 Å². The minimum Gasteiger partial charge on any atom is -0.493 e. The summed E-state index contributed by atoms with van der Waals surface area (Å²) in [5.74, 6) is 0.482. The largest absolute Gasteiger partial charge is 0.493 e. The van der Waals surface area contributed by atoms with Crippen LogP contribution in [0.2, 0.25) is 0 Å². The molecule has 1 heterocycles. The highest BCUT2D eigenvalue weighted by atomic mass is 16.5. The Labute approximate surface area is 203 Å². The van der Waals surface area contributed by atoms with Crippen molar-refractivity contribution in [3.05, 3.63) is 65.8 Å². The van der Waals surface area contributed by atoms with Crippen LogP contribution in [0, 0.1) is 0 Å². The highest BCUT2D eigenvalue weighted by molar-refractivity contribution is 6.30. The summed E-state index contributed by atoms with van der Waals surface area (Å²) in [5, 5.41) is 2.22. The molecule has 0 aromatic heterocycles. The van der Waals surface area contributed by atoms with Gasteiger partial charge in [0.2, 0.25) is 0 Å². The minimum atomic E-state index is -0.798. The molecule has 1 aliphatic rings. The van der Waals surface area contributed by atoms with Crippen molar-refractivity contribution >= 4 is 23.9 Å². The van der Waals surface area contributed by atoms with Gasteiger partial charge in [0.15, 0.2) is 23.0 Å². The van der Waals surface area contributed by atoms with Gasteiger partial charge in [-0.25, -0.2) is 4.79 Å². The molecule has 35 heavy (non-hydrogen) atoms. The van der Waals surface area contributed by atoms with Crippen LogP contribution < -0.4 is 24.3 Å². The smallest absolute Gasteiger partial charge is 0.331 e. The number of hydrogen-bond acceptors (Lipinski definition) is 7.